The van der Waals surface area contributed by atoms with E-state index in [1.165, 1.54) is 0 Å². The zero-order valence-corrected chi connectivity index (χ0v) is 30.4. The molecule has 0 aromatic heterocycles. The van der Waals surface area contributed by atoms with E-state index in [2.05, 4.69) is 0 Å². The quantitative estimate of drug-likeness (QED) is 0.0547. The average Bonchev–Trinajstić information content (AvgIpc) is 3.27. The molecule has 0 fully saturated rings. The Kier molecular flexibility index (Phi) is 8.75. The van der Waals surface area contributed by atoms with E-state index in [1.807, 2.05) is 0 Å². The molecule has 0 aliphatic rings. The summed E-state index contributed by atoms with van der Waals surface area (Å²) in [6, 6.07) is 9.51. The Morgan fingerprint density at radius 3 is 1.16 bits per heavy atom. The fraction of sp³-hybridized carbons (Fsp3) is 0. The maximum atomic E-state index is 16.3. The van der Waals surface area contributed by atoms with Gasteiger partial charge in [0.05, 0.1) is 10.8 Å². The fourth-order valence-electron chi connectivity index (χ4n) is 7.85. The number of benzene rings is 10. The molecule has 10 aromatic carbocycles. The lowest BCUT2D eigenvalue weighted by atomic mass is 9.92. The van der Waals surface area contributed by atoms with Crippen LogP contribution >= 0.6 is 0 Å². The third kappa shape index (κ3) is 5.60. The second kappa shape index (κ2) is 13.9. The zero-order chi connectivity index (χ0) is 44.7. The molecule has 0 spiro atoms. The lowest BCUT2D eigenvalue weighted by Crippen LogP contribution is -2.38. The minimum atomic E-state index is -3.12. The molecule has 0 saturated carbocycles. The van der Waals surface area contributed by atoms with Crippen LogP contribution < -0.4 is 14.0 Å². The van der Waals surface area contributed by atoms with Gasteiger partial charge in [-0.3, -0.25) is 0 Å². The minimum Gasteiger partial charge on any atom is -0.486 e. The highest BCUT2D eigenvalue weighted by Gasteiger charge is 2.40. The lowest BCUT2D eigenvalue weighted by molar-refractivity contribution is 0.284. The third-order valence-corrected chi connectivity index (χ3v) is 10.7. The molecule has 0 unspecified atom stereocenters. The van der Waals surface area contributed by atoms with Crippen LogP contribution in [0.3, 0.4) is 0 Å². The van der Waals surface area contributed by atoms with E-state index in [1.54, 1.807) is 0 Å². The highest BCUT2D eigenvalue weighted by atomic mass is 19.2. The maximum Gasteiger partial charge on any atom is 0.864 e. The number of halogens is 15. The van der Waals surface area contributed by atoms with Crippen molar-refractivity contribution >= 4 is 82.7 Å². The van der Waals surface area contributed by atoms with Crippen molar-refractivity contribution in [3.63, 3.8) is 0 Å². The molecular formula is C44H12BF15O3. The molecule has 0 aliphatic carbocycles. The molecule has 10 rings (SSSR count). The standard InChI is InChI=1S/C44H12BF15O3/c46-23-6-2-13-1-5-16-27-26(13)28(23)34(53)35(54)29(27)36(55)39(58)42(16)61-45(62-43-21-9-14-3-7-24(47)30(49)17(14)11-19(21)32(51)37(56)40(43)59)63-44-22-10-15-4-8-25(48)31(50)18(15)12-20(22)33(52)38(57)41(44)60/h1-12H. The molecule has 0 bridgehead atoms. The normalized spacial score (nSPS) is 12.0. The molecule has 0 N–H and O–H groups in total. The predicted molar refractivity (Wildman–Crippen MR) is 200 cm³/mol. The fourth-order valence-corrected chi connectivity index (χ4v) is 7.85. The molecule has 63 heavy (non-hydrogen) atoms. The lowest BCUT2D eigenvalue weighted by Gasteiger charge is -2.22. The van der Waals surface area contributed by atoms with Gasteiger partial charge in [0.15, 0.2) is 87.1 Å². The van der Waals surface area contributed by atoms with Crippen LogP contribution in [0.25, 0.3) is 75.4 Å². The summed E-state index contributed by atoms with van der Waals surface area (Å²) < 4.78 is 246. The Morgan fingerprint density at radius 1 is 0.254 bits per heavy atom. The summed E-state index contributed by atoms with van der Waals surface area (Å²) >= 11 is 0. The van der Waals surface area contributed by atoms with Crippen LogP contribution in [-0.4, -0.2) is 7.32 Å². The van der Waals surface area contributed by atoms with Gasteiger partial charge in [0.25, 0.3) is 0 Å². The molecule has 10 aromatic rings. The van der Waals surface area contributed by atoms with Crippen LogP contribution in [0.1, 0.15) is 0 Å². The second-order valence-electron chi connectivity index (χ2n) is 14.1. The highest BCUT2D eigenvalue weighted by molar-refractivity contribution is 6.41. The molecule has 0 saturated heterocycles. The van der Waals surface area contributed by atoms with Crippen LogP contribution in [-0.2, 0) is 0 Å². The van der Waals surface area contributed by atoms with E-state index in [9.17, 15) is 17.6 Å². The number of rotatable bonds is 6. The van der Waals surface area contributed by atoms with E-state index in [4.69, 9.17) is 14.0 Å². The largest absolute Gasteiger partial charge is 0.864 e. The summed E-state index contributed by atoms with van der Waals surface area (Å²) in [5.74, 6) is -33.3. The first-order valence-corrected chi connectivity index (χ1v) is 17.9. The molecule has 19 heteroatoms. The van der Waals surface area contributed by atoms with Crippen molar-refractivity contribution in [2.75, 3.05) is 0 Å². The monoisotopic (exact) mass is 884 g/mol. The van der Waals surface area contributed by atoms with Gasteiger partial charge in [-0.2, -0.15) is 13.2 Å². The molecule has 0 aliphatic heterocycles. The maximum absolute atomic E-state index is 16.3. The topological polar surface area (TPSA) is 27.7 Å². The van der Waals surface area contributed by atoms with Gasteiger partial charge >= 0.3 is 7.32 Å². The summed E-state index contributed by atoms with van der Waals surface area (Å²) in [6.07, 6.45) is 0. The van der Waals surface area contributed by atoms with Gasteiger partial charge in [-0.15, -0.1) is 0 Å². The summed E-state index contributed by atoms with van der Waals surface area (Å²) in [5.41, 5.74) is 0. The van der Waals surface area contributed by atoms with Crippen molar-refractivity contribution in [2.24, 2.45) is 0 Å². The predicted octanol–water partition coefficient (Wildman–Crippen LogP) is 13.8. The first-order chi connectivity index (χ1) is 30.0. The molecule has 314 valence electrons. The van der Waals surface area contributed by atoms with E-state index in [0.717, 1.165) is 48.5 Å². The number of fused-ring (bicyclic) bond motifs is 4. The molecule has 0 amide bonds. The Hall–Kier alpha value is -7.31. The summed E-state index contributed by atoms with van der Waals surface area (Å²) in [4.78, 5) is 0. The van der Waals surface area contributed by atoms with Gasteiger partial charge < -0.3 is 14.0 Å². The van der Waals surface area contributed by atoms with Gasteiger partial charge in [0.2, 0.25) is 11.6 Å². The molecular weight excluding hydrogens is 872 g/mol. The zero-order valence-electron chi connectivity index (χ0n) is 30.4. The Morgan fingerprint density at radius 2 is 0.651 bits per heavy atom. The second-order valence-corrected chi connectivity index (χ2v) is 14.1. The number of hydrogen-bond acceptors (Lipinski definition) is 3. The summed E-state index contributed by atoms with van der Waals surface area (Å²) in [5, 5.41) is -10.1. The molecule has 0 radical (unpaired) electrons. The molecule has 0 atom stereocenters. The van der Waals surface area contributed by atoms with E-state index in [0.29, 0.717) is 24.3 Å². The van der Waals surface area contributed by atoms with Crippen molar-refractivity contribution in [1.82, 2.24) is 0 Å². The van der Waals surface area contributed by atoms with Crippen molar-refractivity contribution in [3.05, 3.63) is 160 Å². The van der Waals surface area contributed by atoms with Crippen LogP contribution in [0, 0.1) is 87.3 Å². The first-order valence-electron chi connectivity index (χ1n) is 17.9. The Balaban J connectivity index is 1.25. The van der Waals surface area contributed by atoms with Crippen LogP contribution in [0.2, 0.25) is 0 Å². The SMILES string of the molecule is Fc1ccc2cc3c(OB(Oc4c(F)c(F)c(F)c5cc6c(F)c(F)ccc6cc45)Oc4c(F)c(F)c5c(F)c(F)c6c(F)ccc7ccc4c5c76)c(F)c(F)c(F)c3cc2c1F. The third-order valence-electron chi connectivity index (χ3n) is 10.7. The van der Waals surface area contributed by atoms with Crippen LogP contribution in [0.15, 0.2) is 72.8 Å². The first kappa shape index (κ1) is 39.8. The minimum absolute atomic E-state index is 0.0541. The average molecular weight is 884 g/mol. The van der Waals surface area contributed by atoms with Crippen molar-refractivity contribution in [2.45, 2.75) is 0 Å². The van der Waals surface area contributed by atoms with E-state index in [-0.39, 0.29) is 16.2 Å². The molecule has 3 nitrogen and oxygen atoms in total. The van der Waals surface area contributed by atoms with E-state index < -0.39 is 171 Å². The van der Waals surface area contributed by atoms with Gasteiger partial charge in [0.1, 0.15) is 5.82 Å². The van der Waals surface area contributed by atoms with Crippen molar-refractivity contribution in [1.29, 1.82) is 0 Å². The van der Waals surface area contributed by atoms with Gasteiger partial charge in [-0.25, -0.2) is 52.7 Å². The van der Waals surface area contributed by atoms with Gasteiger partial charge in [-0.1, -0.05) is 24.3 Å². The smallest absolute Gasteiger partial charge is 0.486 e. The van der Waals surface area contributed by atoms with Crippen molar-refractivity contribution < 1.29 is 79.8 Å². The summed E-state index contributed by atoms with van der Waals surface area (Å²) in [6.45, 7) is 0. The van der Waals surface area contributed by atoms with Crippen molar-refractivity contribution in [3.8, 4) is 17.2 Å². The van der Waals surface area contributed by atoms with Gasteiger partial charge in [0, 0.05) is 48.5 Å². The number of hydrogen-bond donors (Lipinski definition) is 0. The molecule has 0 heterocycles. The Labute approximate surface area is 339 Å². The summed E-state index contributed by atoms with van der Waals surface area (Å²) in [7, 11) is -3.12. The van der Waals surface area contributed by atoms with Crippen LogP contribution in [0.5, 0.6) is 17.2 Å². The van der Waals surface area contributed by atoms with Gasteiger partial charge in [-0.05, 0) is 64.7 Å². The van der Waals surface area contributed by atoms with Crippen LogP contribution in [0.4, 0.5) is 65.9 Å². The highest BCUT2D eigenvalue weighted by Crippen LogP contribution is 2.46. The van der Waals surface area contributed by atoms with E-state index >= 15 is 48.3 Å². The Bertz CT molecular complexity index is 3540.